The van der Waals surface area contributed by atoms with E-state index in [1.165, 1.54) is 31.4 Å². The van der Waals surface area contributed by atoms with Crippen LogP contribution in [0.1, 0.15) is 22.3 Å². The van der Waals surface area contributed by atoms with Crippen molar-refractivity contribution in [3.05, 3.63) is 35.4 Å². The number of hydrogen-bond acceptors (Lipinski definition) is 5. The van der Waals surface area contributed by atoms with Crippen LogP contribution in [0.25, 0.3) is 0 Å². The Morgan fingerprint density at radius 2 is 2.10 bits per heavy atom. The Kier molecular flexibility index (Phi) is 3.66. The molecule has 20 heavy (non-hydrogen) atoms. The summed E-state index contributed by atoms with van der Waals surface area (Å²) in [6.45, 7) is 0. The van der Waals surface area contributed by atoms with Crippen molar-refractivity contribution in [1.82, 2.24) is 0 Å². The molecule has 0 spiro atoms. The van der Waals surface area contributed by atoms with Crippen LogP contribution < -0.4 is 0 Å². The predicted molar refractivity (Wildman–Crippen MR) is 65.8 cm³/mol. The number of halogens is 3. The Bertz CT molecular complexity index is 556. The molecule has 1 aromatic rings. The molecule has 1 heterocycles. The van der Waals surface area contributed by atoms with Gasteiger partial charge >= 0.3 is 17.1 Å². The summed E-state index contributed by atoms with van der Waals surface area (Å²) in [5.41, 5.74) is 0.826. The Balaban J connectivity index is 2.17. The fraction of sp³-hybridized carbons (Fsp3) is 0.333. The summed E-state index contributed by atoms with van der Waals surface area (Å²) in [5, 5.41) is 8.99. The van der Waals surface area contributed by atoms with Gasteiger partial charge in [0.05, 0.1) is 24.8 Å². The molecule has 0 aliphatic carbocycles. The summed E-state index contributed by atoms with van der Waals surface area (Å²) in [5.74, 6) is -3.39. The third kappa shape index (κ3) is 2.59. The molecule has 0 aromatic heterocycles. The zero-order valence-electron chi connectivity index (χ0n) is 10.3. The van der Waals surface area contributed by atoms with Crippen LogP contribution in [-0.2, 0) is 9.57 Å². The summed E-state index contributed by atoms with van der Waals surface area (Å²) in [7, 11) is 1.24. The molecule has 5 nitrogen and oxygen atoms in total. The number of carbonyl (C=O) groups excluding carboxylic acids is 1. The van der Waals surface area contributed by atoms with Crippen LogP contribution in [0.3, 0.4) is 0 Å². The van der Waals surface area contributed by atoms with Gasteiger partial charge in [-0.2, -0.15) is 8.78 Å². The zero-order chi connectivity index (χ0) is 15.0. The Morgan fingerprint density at radius 1 is 1.50 bits per heavy atom. The lowest BCUT2D eigenvalue weighted by atomic mass is 10.0. The van der Waals surface area contributed by atoms with Crippen LogP contribution in [0.5, 0.6) is 0 Å². The molecule has 1 unspecified atom stereocenters. The van der Waals surface area contributed by atoms with Gasteiger partial charge in [0.1, 0.15) is 0 Å². The minimum atomic E-state index is -3.97. The van der Waals surface area contributed by atoms with Crippen molar-refractivity contribution in [2.75, 3.05) is 7.11 Å². The second-order valence-electron chi connectivity index (χ2n) is 4.16. The Labute approximate surface area is 117 Å². The number of aliphatic hydroxyl groups is 1. The molecule has 0 saturated carbocycles. The number of oxime groups is 1. The lowest BCUT2D eigenvalue weighted by molar-refractivity contribution is -0.272. The van der Waals surface area contributed by atoms with Gasteiger partial charge in [-0.3, -0.25) is 0 Å². The second-order valence-corrected chi connectivity index (χ2v) is 4.63. The fourth-order valence-corrected chi connectivity index (χ4v) is 1.75. The monoisotopic (exact) mass is 305 g/mol. The Morgan fingerprint density at radius 3 is 2.55 bits per heavy atom. The van der Waals surface area contributed by atoms with Crippen LogP contribution in [0.4, 0.5) is 8.78 Å². The molecular weight excluding hydrogens is 296 g/mol. The van der Waals surface area contributed by atoms with Crippen molar-refractivity contribution in [1.29, 1.82) is 0 Å². The van der Waals surface area contributed by atoms with Crippen LogP contribution >= 0.6 is 11.6 Å². The first kappa shape index (κ1) is 14.7. The smallest absolute Gasteiger partial charge is 0.388 e. The van der Waals surface area contributed by atoms with Gasteiger partial charge in [0.25, 0.3) is 0 Å². The molecule has 0 radical (unpaired) electrons. The summed E-state index contributed by atoms with van der Waals surface area (Å²) in [4.78, 5) is 15.6. The highest BCUT2D eigenvalue weighted by molar-refractivity contribution is 6.22. The van der Waals surface area contributed by atoms with Gasteiger partial charge in [0.2, 0.25) is 0 Å². The molecule has 0 fully saturated rings. The predicted octanol–water partition coefficient (Wildman–Crippen LogP) is 2.12. The Hall–Kier alpha value is -1.73. The van der Waals surface area contributed by atoms with Gasteiger partial charge in [0.15, 0.2) is 0 Å². The maximum absolute atomic E-state index is 13.0. The molecule has 0 bridgehead atoms. The maximum atomic E-state index is 13.0. The van der Waals surface area contributed by atoms with Crippen molar-refractivity contribution in [3.63, 3.8) is 0 Å². The molecule has 2 rings (SSSR count). The normalized spacial score (nSPS) is 22.1. The van der Waals surface area contributed by atoms with E-state index in [0.717, 1.165) is 0 Å². The number of benzene rings is 1. The minimum absolute atomic E-state index is 0.101. The van der Waals surface area contributed by atoms with Gasteiger partial charge in [-0.15, -0.1) is 0 Å². The topological polar surface area (TPSA) is 68.1 Å². The van der Waals surface area contributed by atoms with Crippen LogP contribution in [-0.4, -0.2) is 35.1 Å². The van der Waals surface area contributed by atoms with E-state index < -0.39 is 23.6 Å². The van der Waals surface area contributed by atoms with E-state index in [4.69, 9.17) is 11.6 Å². The summed E-state index contributed by atoms with van der Waals surface area (Å²) < 4.78 is 30.5. The fourth-order valence-electron chi connectivity index (χ4n) is 1.65. The van der Waals surface area contributed by atoms with Crippen molar-refractivity contribution >= 4 is 23.3 Å². The summed E-state index contributed by atoms with van der Waals surface area (Å²) in [6.07, 6.45) is -0.568. The maximum Gasteiger partial charge on any atom is 0.388 e. The third-order valence-electron chi connectivity index (χ3n) is 2.80. The molecule has 0 saturated heterocycles. The van der Waals surface area contributed by atoms with Gasteiger partial charge in [0, 0.05) is 0 Å². The van der Waals surface area contributed by atoms with E-state index in [1.807, 2.05) is 0 Å². The van der Waals surface area contributed by atoms with Crippen LogP contribution in [0.15, 0.2) is 29.4 Å². The molecule has 1 atom stereocenters. The molecule has 1 aliphatic heterocycles. The lowest BCUT2D eigenvalue weighted by Crippen LogP contribution is -2.44. The molecule has 1 aromatic carbocycles. The number of methoxy groups -OCH3 is 1. The first-order valence-corrected chi connectivity index (χ1v) is 5.87. The third-order valence-corrected chi connectivity index (χ3v) is 3.09. The average Bonchev–Trinajstić information content (AvgIpc) is 2.82. The number of rotatable bonds is 3. The number of carbonyl (C=O) groups is 1. The standard InChI is InChI=1S/C12H10ClF2NO4/c1-19-10(17)8-4-2-7(3-5-8)9-6-11(18,20-16-9)12(13,14)15/h2-5,18H,6H2,1H3. The molecular formula is C12H10ClF2NO4. The number of ether oxygens (including phenoxy) is 1. The lowest BCUT2D eigenvalue weighted by Gasteiger charge is -2.23. The summed E-state index contributed by atoms with van der Waals surface area (Å²) >= 11 is 4.78. The molecule has 108 valence electrons. The first-order chi connectivity index (χ1) is 9.27. The van der Waals surface area contributed by atoms with Crippen molar-refractivity contribution in [3.8, 4) is 0 Å². The molecule has 1 N–H and O–H groups in total. The SMILES string of the molecule is COC(=O)c1ccc(C2=NOC(O)(C(F)(F)Cl)C2)cc1. The second kappa shape index (κ2) is 4.99. The van der Waals surface area contributed by atoms with Crippen molar-refractivity contribution in [2.24, 2.45) is 5.16 Å². The number of alkyl halides is 3. The van der Waals surface area contributed by atoms with E-state index in [-0.39, 0.29) is 5.71 Å². The number of nitrogens with zero attached hydrogens (tertiary/aromatic N) is 1. The number of hydrogen-bond donors (Lipinski definition) is 1. The average molecular weight is 306 g/mol. The molecule has 0 amide bonds. The van der Waals surface area contributed by atoms with E-state index in [0.29, 0.717) is 11.1 Å². The highest BCUT2D eigenvalue weighted by atomic mass is 35.5. The van der Waals surface area contributed by atoms with E-state index in [9.17, 15) is 18.7 Å². The molecule has 1 aliphatic rings. The van der Waals surface area contributed by atoms with E-state index in [1.54, 1.807) is 0 Å². The van der Waals surface area contributed by atoms with E-state index >= 15 is 0 Å². The van der Waals surface area contributed by atoms with Crippen LogP contribution in [0.2, 0.25) is 0 Å². The van der Waals surface area contributed by atoms with Crippen molar-refractivity contribution in [2.45, 2.75) is 17.6 Å². The highest BCUT2D eigenvalue weighted by Gasteiger charge is 2.58. The first-order valence-electron chi connectivity index (χ1n) is 5.50. The largest absolute Gasteiger partial charge is 0.465 e. The quantitative estimate of drug-likeness (QED) is 0.686. The van der Waals surface area contributed by atoms with Gasteiger partial charge in [-0.1, -0.05) is 17.3 Å². The summed E-state index contributed by atoms with van der Waals surface area (Å²) in [6, 6.07) is 5.85. The zero-order valence-corrected chi connectivity index (χ0v) is 11.0. The van der Waals surface area contributed by atoms with Crippen LogP contribution in [0, 0.1) is 0 Å². The highest BCUT2D eigenvalue weighted by Crippen LogP contribution is 2.40. The van der Waals surface area contributed by atoms with Gasteiger partial charge in [-0.25, -0.2) is 4.79 Å². The van der Waals surface area contributed by atoms with E-state index in [2.05, 4.69) is 14.7 Å². The van der Waals surface area contributed by atoms with Crippen molar-refractivity contribution < 1.29 is 28.3 Å². The van der Waals surface area contributed by atoms with Gasteiger partial charge < -0.3 is 14.7 Å². The number of esters is 1. The van der Waals surface area contributed by atoms with Gasteiger partial charge in [-0.05, 0) is 29.3 Å². The molecule has 8 heteroatoms. The minimum Gasteiger partial charge on any atom is -0.465 e.